The van der Waals surface area contributed by atoms with Crippen molar-refractivity contribution in [1.29, 1.82) is 0 Å². The van der Waals surface area contributed by atoms with Crippen molar-refractivity contribution in [2.24, 2.45) is 17.6 Å². The number of primary amides is 1. The Labute approximate surface area is 109 Å². The Morgan fingerprint density at radius 3 is 2.06 bits per heavy atom. The van der Waals surface area contributed by atoms with Gasteiger partial charge in [-0.25, -0.2) is 0 Å². The van der Waals surface area contributed by atoms with Crippen LogP contribution in [0.2, 0.25) is 0 Å². The molecule has 2 fully saturated rings. The van der Waals surface area contributed by atoms with E-state index in [1.165, 1.54) is 25.7 Å². The van der Waals surface area contributed by atoms with Crippen LogP contribution in [0.15, 0.2) is 0 Å². The van der Waals surface area contributed by atoms with Crippen molar-refractivity contribution in [1.82, 2.24) is 4.90 Å². The lowest BCUT2D eigenvalue weighted by atomic mass is 9.92. The predicted molar refractivity (Wildman–Crippen MR) is 69.7 cm³/mol. The number of amides is 2. The number of carbonyl (C=O) groups is 2. The molecule has 1 saturated heterocycles. The van der Waals surface area contributed by atoms with Crippen LogP contribution in [0.5, 0.6) is 0 Å². The molecule has 1 heterocycles. The van der Waals surface area contributed by atoms with E-state index in [1.54, 1.807) is 0 Å². The van der Waals surface area contributed by atoms with E-state index in [9.17, 15) is 9.59 Å². The van der Waals surface area contributed by atoms with Crippen molar-refractivity contribution in [3.05, 3.63) is 0 Å². The van der Waals surface area contributed by atoms with Crippen molar-refractivity contribution in [2.45, 2.75) is 51.4 Å². The largest absolute Gasteiger partial charge is 0.370 e. The smallest absolute Gasteiger partial charge is 0.222 e. The second-order valence-electron chi connectivity index (χ2n) is 5.85. The summed E-state index contributed by atoms with van der Waals surface area (Å²) in [7, 11) is 0. The molecule has 0 unspecified atom stereocenters. The molecule has 0 spiro atoms. The van der Waals surface area contributed by atoms with E-state index in [2.05, 4.69) is 0 Å². The third-order valence-corrected chi connectivity index (χ3v) is 4.40. The zero-order chi connectivity index (χ0) is 13.0. The zero-order valence-electron chi connectivity index (χ0n) is 11.1. The quantitative estimate of drug-likeness (QED) is 0.827. The Morgan fingerprint density at radius 1 is 0.944 bits per heavy atom. The Balaban J connectivity index is 1.71. The lowest BCUT2D eigenvalue weighted by Crippen LogP contribution is -2.39. The van der Waals surface area contributed by atoms with Crippen molar-refractivity contribution in [3.8, 4) is 0 Å². The Morgan fingerprint density at radius 2 is 1.50 bits per heavy atom. The molecule has 1 aliphatic heterocycles. The van der Waals surface area contributed by atoms with Gasteiger partial charge in [-0.15, -0.1) is 0 Å². The fraction of sp³-hybridized carbons (Fsp3) is 0.857. The highest BCUT2D eigenvalue weighted by Gasteiger charge is 2.26. The van der Waals surface area contributed by atoms with E-state index >= 15 is 0 Å². The van der Waals surface area contributed by atoms with Gasteiger partial charge < -0.3 is 10.6 Å². The third kappa shape index (κ3) is 3.72. The molecule has 2 rings (SSSR count). The van der Waals surface area contributed by atoms with E-state index in [0.717, 1.165) is 32.4 Å². The molecular weight excluding hydrogens is 228 g/mol. The van der Waals surface area contributed by atoms with Gasteiger partial charge in [-0.1, -0.05) is 12.8 Å². The summed E-state index contributed by atoms with van der Waals surface area (Å²) in [5.74, 6) is 1.11. The average molecular weight is 252 g/mol. The highest BCUT2D eigenvalue weighted by molar-refractivity contribution is 5.77. The van der Waals surface area contributed by atoms with Crippen LogP contribution in [-0.2, 0) is 9.59 Å². The second kappa shape index (κ2) is 6.21. The van der Waals surface area contributed by atoms with Gasteiger partial charge in [0.15, 0.2) is 0 Å². The van der Waals surface area contributed by atoms with Crippen molar-refractivity contribution in [3.63, 3.8) is 0 Å². The minimum Gasteiger partial charge on any atom is -0.370 e. The molecule has 2 amide bonds. The maximum absolute atomic E-state index is 12.1. The number of carbonyl (C=O) groups excluding carboxylic acids is 2. The molecule has 0 bridgehead atoms. The zero-order valence-corrected chi connectivity index (χ0v) is 11.1. The van der Waals surface area contributed by atoms with Crippen LogP contribution in [-0.4, -0.2) is 29.8 Å². The van der Waals surface area contributed by atoms with Gasteiger partial charge in [-0.3, -0.25) is 9.59 Å². The van der Waals surface area contributed by atoms with Gasteiger partial charge in [0, 0.05) is 25.9 Å². The summed E-state index contributed by atoms with van der Waals surface area (Å²) in [4.78, 5) is 25.0. The summed E-state index contributed by atoms with van der Waals surface area (Å²) in [5.41, 5.74) is 5.21. The molecule has 18 heavy (non-hydrogen) atoms. The van der Waals surface area contributed by atoms with E-state index in [4.69, 9.17) is 5.73 Å². The highest BCUT2D eigenvalue weighted by atomic mass is 16.2. The van der Waals surface area contributed by atoms with Crippen LogP contribution in [0, 0.1) is 11.8 Å². The molecule has 0 atom stereocenters. The van der Waals surface area contributed by atoms with Gasteiger partial charge >= 0.3 is 0 Å². The fourth-order valence-corrected chi connectivity index (χ4v) is 3.26. The molecule has 4 heteroatoms. The van der Waals surface area contributed by atoms with Crippen LogP contribution >= 0.6 is 0 Å². The van der Waals surface area contributed by atoms with Crippen LogP contribution < -0.4 is 5.73 Å². The number of hydrogen-bond donors (Lipinski definition) is 1. The minimum absolute atomic E-state index is 0.217. The van der Waals surface area contributed by atoms with Gasteiger partial charge in [0.2, 0.25) is 11.8 Å². The van der Waals surface area contributed by atoms with Crippen LogP contribution in [0.4, 0.5) is 0 Å². The second-order valence-corrected chi connectivity index (χ2v) is 5.85. The molecule has 1 aliphatic carbocycles. The number of hydrogen-bond acceptors (Lipinski definition) is 2. The van der Waals surface area contributed by atoms with Gasteiger partial charge in [-0.05, 0) is 37.5 Å². The average Bonchev–Trinajstić information content (AvgIpc) is 2.82. The number of rotatable bonds is 4. The summed E-state index contributed by atoms with van der Waals surface area (Å²) in [6, 6.07) is 0. The fourth-order valence-electron chi connectivity index (χ4n) is 3.26. The Kier molecular flexibility index (Phi) is 4.61. The number of piperidine rings is 1. The number of nitrogens with two attached hydrogens (primary N) is 1. The lowest BCUT2D eigenvalue weighted by molar-refractivity contribution is -0.133. The maximum Gasteiger partial charge on any atom is 0.222 e. The summed E-state index contributed by atoms with van der Waals surface area (Å²) in [6.45, 7) is 1.62. The molecule has 1 saturated carbocycles. The molecule has 0 aromatic heterocycles. The lowest BCUT2D eigenvalue weighted by Gasteiger charge is -2.32. The van der Waals surface area contributed by atoms with Crippen molar-refractivity contribution in [2.75, 3.05) is 13.1 Å². The summed E-state index contributed by atoms with van der Waals surface area (Å²) < 4.78 is 0. The predicted octanol–water partition coefficient (Wildman–Crippen LogP) is 1.68. The van der Waals surface area contributed by atoms with E-state index in [1.807, 2.05) is 4.90 Å². The maximum atomic E-state index is 12.1. The van der Waals surface area contributed by atoms with E-state index < -0.39 is 0 Å². The van der Waals surface area contributed by atoms with Gasteiger partial charge in [0.25, 0.3) is 0 Å². The molecule has 4 nitrogen and oxygen atoms in total. The van der Waals surface area contributed by atoms with Gasteiger partial charge in [0.1, 0.15) is 0 Å². The number of nitrogens with zero attached hydrogens (tertiary/aromatic N) is 1. The first-order valence-corrected chi connectivity index (χ1v) is 7.21. The minimum atomic E-state index is -0.217. The highest BCUT2D eigenvalue weighted by Crippen LogP contribution is 2.29. The topological polar surface area (TPSA) is 63.4 Å². The van der Waals surface area contributed by atoms with Gasteiger partial charge in [0.05, 0.1) is 0 Å². The first-order valence-electron chi connectivity index (χ1n) is 7.21. The monoisotopic (exact) mass is 252 g/mol. The normalized spacial score (nSPS) is 22.3. The summed E-state index contributed by atoms with van der Waals surface area (Å²) in [5, 5.41) is 0. The molecule has 0 aromatic carbocycles. The molecule has 2 N–H and O–H groups in total. The van der Waals surface area contributed by atoms with E-state index in [-0.39, 0.29) is 5.91 Å². The SMILES string of the molecule is NC(=O)CC1CCN(C(=O)CC2CCCC2)CC1. The molecule has 102 valence electrons. The number of likely N-dealkylation sites (tertiary alicyclic amines) is 1. The van der Waals surface area contributed by atoms with E-state index in [0.29, 0.717) is 24.2 Å². The summed E-state index contributed by atoms with van der Waals surface area (Å²) in [6.07, 6.45) is 8.11. The molecular formula is C14H24N2O2. The standard InChI is InChI=1S/C14H24N2O2/c15-13(17)9-12-5-7-16(8-6-12)14(18)10-11-3-1-2-4-11/h11-12H,1-10H2,(H2,15,17). The first-order chi connectivity index (χ1) is 8.65. The molecule has 2 aliphatic rings. The first kappa shape index (κ1) is 13.4. The van der Waals surface area contributed by atoms with Crippen LogP contribution in [0.1, 0.15) is 51.4 Å². The van der Waals surface area contributed by atoms with Crippen LogP contribution in [0.3, 0.4) is 0 Å². The molecule has 0 radical (unpaired) electrons. The Hall–Kier alpha value is -1.06. The van der Waals surface area contributed by atoms with Crippen molar-refractivity contribution < 1.29 is 9.59 Å². The Bertz CT molecular complexity index is 303. The third-order valence-electron chi connectivity index (χ3n) is 4.40. The van der Waals surface area contributed by atoms with Crippen molar-refractivity contribution >= 4 is 11.8 Å². The molecule has 0 aromatic rings. The van der Waals surface area contributed by atoms with Gasteiger partial charge in [-0.2, -0.15) is 0 Å². The van der Waals surface area contributed by atoms with Crippen LogP contribution in [0.25, 0.3) is 0 Å². The summed E-state index contributed by atoms with van der Waals surface area (Å²) >= 11 is 0.